The maximum atomic E-state index is 13.7. The fourth-order valence-electron chi connectivity index (χ4n) is 4.38. The van der Waals surface area contributed by atoms with E-state index in [2.05, 4.69) is 0 Å². The van der Waals surface area contributed by atoms with E-state index in [-0.39, 0.29) is 41.5 Å². The van der Waals surface area contributed by atoms with E-state index in [1.165, 1.54) is 21.3 Å². The van der Waals surface area contributed by atoms with E-state index in [9.17, 15) is 23.3 Å². The first-order valence-corrected chi connectivity index (χ1v) is 14.1. The van der Waals surface area contributed by atoms with Crippen molar-refractivity contribution in [1.29, 1.82) is 0 Å². The van der Waals surface area contributed by atoms with Gasteiger partial charge in [-0.2, -0.15) is 4.31 Å². The number of nitro groups is 1. The van der Waals surface area contributed by atoms with Crippen LogP contribution in [0, 0.1) is 16.0 Å². The number of rotatable bonds is 8. The lowest BCUT2D eigenvalue weighted by Crippen LogP contribution is -2.47. The fraction of sp³-hybridized carbons (Fsp3) is 0.320. The first-order valence-electron chi connectivity index (χ1n) is 11.4. The first-order chi connectivity index (χ1) is 17.1. The quantitative estimate of drug-likeness (QED) is 0.287. The number of nitro benzene ring substituents is 1. The summed E-state index contributed by atoms with van der Waals surface area (Å²) in [4.78, 5) is 27.0. The fourth-order valence-corrected chi connectivity index (χ4v) is 6.96. The van der Waals surface area contributed by atoms with Gasteiger partial charge in [-0.1, -0.05) is 37.6 Å². The Bertz CT molecular complexity index is 1360. The summed E-state index contributed by atoms with van der Waals surface area (Å²) in [5.41, 5.74) is 1.74. The van der Waals surface area contributed by atoms with Crippen molar-refractivity contribution in [3.8, 4) is 0 Å². The van der Waals surface area contributed by atoms with E-state index >= 15 is 0 Å². The highest BCUT2D eigenvalue weighted by Gasteiger charge is 2.36. The summed E-state index contributed by atoms with van der Waals surface area (Å²) in [5.74, 6) is -0.347. The molecule has 2 aromatic carbocycles. The number of carbonyl (C=O) groups excluding carboxylic acids is 1. The van der Waals surface area contributed by atoms with Crippen molar-refractivity contribution >= 4 is 44.6 Å². The number of hydrogen-bond donors (Lipinski definition) is 0. The zero-order chi connectivity index (χ0) is 26.0. The highest BCUT2D eigenvalue weighted by atomic mass is 35.5. The Hall–Kier alpha value is -2.79. The second kappa shape index (κ2) is 10.7. The van der Waals surface area contributed by atoms with Crippen molar-refractivity contribution in [1.82, 2.24) is 9.21 Å². The lowest BCUT2D eigenvalue weighted by atomic mass is 9.93. The molecule has 8 nitrogen and oxygen atoms in total. The van der Waals surface area contributed by atoms with Gasteiger partial charge in [-0.3, -0.25) is 14.9 Å². The van der Waals surface area contributed by atoms with Gasteiger partial charge < -0.3 is 4.90 Å². The SMILES string of the molecule is CC(C)CN(CC(=O)N1CCc2sccc2C1c1ccc(Cl)cc1)S(=O)(=O)c1ccc([N+](=O)[O-])cc1. The number of hydrogen-bond acceptors (Lipinski definition) is 6. The Kier molecular flexibility index (Phi) is 7.79. The average molecular weight is 548 g/mol. The molecule has 0 aliphatic carbocycles. The third kappa shape index (κ3) is 5.46. The van der Waals surface area contributed by atoms with Gasteiger partial charge in [-0.15, -0.1) is 11.3 Å². The number of sulfonamides is 1. The Balaban J connectivity index is 1.65. The van der Waals surface area contributed by atoms with Crippen LogP contribution < -0.4 is 0 Å². The highest BCUT2D eigenvalue weighted by molar-refractivity contribution is 7.89. The van der Waals surface area contributed by atoms with Crippen LogP contribution in [-0.4, -0.2) is 48.1 Å². The number of halogens is 1. The molecule has 0 N–H and O–H groups in total. The summed E-state index contributed by atoms with van der Waals surface area (Å²) in [7, 11) is -4.06. The van der Waals surface area contributed by atoms with Crippen LogP contribution in [0.3, 0.4) is 0 Å². The normalized spacial score (nSPS) is 15.8. The van der Waals surface area contributed by atoms with Gasteiger partial charge in [0.2, 0.25) is 15.9 Å². The largest absolute Gasteiger partial charge is 0.330 e. The maximum Gasteiger partial charge on any atom is 0.269 e. The molecule has 0 spiro atoms. The predicted octanol–water partition coefficient (Wildman–Crippen LogP) is 5.13. The van der Waals surface area contributed by atoms with Crippen LogP contribution in [0.4, 0.5) is 5.69 Å². The van der Waals surface area contributed by atoms with Crippen LogP contribution in [0.25, 0.3) is 0 Å². The van der Waals surface area contributed by atoms with Gasteiger partial charge in [0.05, 0.1) is 22.4 Å². The molecule has 0 bridgehead atoms. The molecule has 0 saturated carbocycles. The van der Waals surface area contributed by atoms with Crippen LogP contribution in [0.15, 0.2) is 64.9 Å². The molecular weight excluding hydrogens is 522 g/mol. The molecule has 1 aliphatic rings. The monoisotopic (exact) mass is 547 g/mol. The maximum absolute atomic E-state index is 13.7. The molecule has 1 amide bonds. The number of non-ortho nitro benzene ring substituents is 1. The molecule has 1 aliphatic heterocycles. The number of fused-ring (bicyclic) bond motifs is 1. The van der Waals surface area contributed by atoms with Gasteiger partial charge in [0.15, 0.2) is 0 Å². The van der Waals surface area contributed by atoms with Crippen LogP contribution in [-0.2, 0) is 21.2 Å². The van der Waals surface area contributed by atoms with E-state index < -0.39 is 14.9 Å². The van der Waals surface area contributed by atoms with Gasteiger partial charge in [0, 0.05) is 35.1 Å². The Labute approximate surface area is 219 Å². The van der Waals surface area contributed by atoms with E-state index in [1.54, 1.807) is 28.4 Å². The van der Waals surface area contributed by atoms with Crippen molar-refractivity contribution in [2.24, 2.45) is 5.92 Å². The molecule has 11 heteroatoms. The molecule has 2 heterocycles. The molecule has 1 unspecified atom stereocenters. The molecule has 0 radical (unpaired) electrons. The van der Waals surface area contributed by atoms with Gasteiger partial charge in [0.1, 0.15) is 0 Å². The zero-order valence-corrected chi connectivity index (χ0v) is 22.2. The number of thiophene rings is 1. The number of nitrogens with zero attached hydrogens (tertiary/aromatic N) is 3. The van der Waals surface area contributed by atoms with Crippen molar-refractivity contribution in [2.75, 3.05) is 19.6 Å². The van der Waals surface area contributed by atoms with E-state index in [4.69, 9.17) is 11.6 Å². The molecule has 0 fully saturated rings. The summed E-state index contributed by atoms with van der Waals surface area (Å²) >= 11 is 7.74. The smallest absolute Gasteiger partial charge is 0.269 e. The molecular formula is C25H26ClN3O5S2. The Morgan fingerprint density at radius 3 is 2.44 bits per heavy atom. The zero-order valence-electron chi connectivity index (χ0n) is 19.8. The molecule has 3 aromatic rings. The molecule has 1 atom stereocenters. The summed E-state index contributed by atoms with van der Waals surface area (Å²) in [5, 5.41) is 13.6. The van der Waals surface area contributed by atoms with Crippen molar-refractivity contribution in [3.63, 3.8) is 0 Å². The highest BCUT2D eigenvalue weighted by Crippen LogP contribution is 2.38. The van der Waals surface area contributed by atoms with Crippen molar-refractivity contribution in [2.45, 2.75) is 31.2 Å². The third-order valence-corrected chi connectivity index (χ3v) is 9.11. The molecule has 4 rings (SSSR count). The van der Waals surface area contributed by atoms with E-state index in [0.717, 1.165) is 23.3 Å². The van der Waals surface area contributed by atoms with Gasteiger partial charge >= 0.3 is 0 Å². The topological polar surface area (TPSA) is 101 Å². The van der Waals surface area contributed by atoms with Crippen LogP contribution in [0.1, 0.15) is 35.9 Å². The van der Waals surface area contributed by atoms with Crippen molar-refractivity contribution < 1.29 is 18.1 Å². The lowest BCUT2D eigenvalue weighted by Gasteiger charge is -2.37. The number of benzene rings is 2. The second-order valence-electron chi connectivity index (χ2n) is 9.03. The van der Waals surface area contributed by atoms with Gasteiger partial charge in [0.25, 0.3) is 5.69 Å². The second-order valence-corrected chi connectivity index (χ2v) is 12.4. The van der Waals surface area contributed by atoms with E-state index in [1.807, 2.05) is 37.4 Å². The molecule has 190 valence electrons. The summed E-state index contributed by atoms with van der Waals surface area (Å²) in [6, 6.07) is 13.7. The first kappa shape index (κ1) is 26.3. The minimum Gasteiger partial charge on any atom is -0.330 e. The lowest BCUT2D eigenvalue weighted by molar-refractivity contribution is -0.384. The van der Waals surface area contributed by atoms with E-state index in [0.29, 0.717) is 18.0 Å². The molecule has 36 heavy (non-hydrogen) atoms. The minimum absolute atomic E-state index is 0.0393. The van der Waals surface area contributed by atoms with Crippen molar-refractivity contribution in [3.05, 3.63) is 91.1 Å². The molecule has 1 aromatic heterocycles. The third-order valence-electron chi connectivity index (χ3n) is 6.04. The number of amides is 1. The van der Waals surface area contributed by atoms with Crippen LogP contribution in [0.2, 0.25) is 5.02 Å². The van der Waals surface area contributed by atoms with Gasteiger partial charge in [-0.25, -0.2) is 8.42 Å². The molecule has 0 saturated heterocycles. The average Bonchev–Trinajstić information content (AvgIpc) is 3.32. The van der Waals surface area contributed by atoms with Crippen LogP contribution in [0.5, 0.6) is 0 Å². The summed E-state index contributed by atoms with van der Waals surface area (Å²) in [6.07, 6.45) is 0.697. The number of carbonyl (C=O) groups is 1. The standard InChI is InChI=1S/C25H26ClN3O5S2/c1-17(2)15-27(36(33,34)21-9-7-20(8-10-21)29(31)32)16-24(30)28-13-11-23-22(12-14-35-23)25(28)18-3-5-19(26)6-4-18/h3-10,12,14,17,25H,11,13,15-16H2,1-2H3. The van der Waals surface area contributed by atoms with Crippen LogP contribution >= 0.6 is 22.9 Å². The predicted molar refractivity (Wildman–Crippen MR) is 140 cm³/mol. The Morgan fingerprint density at radius 1 is 1.17 bits per heavy atom. The summed E-state index contributed by atoms with van der Waals surface area (Å²) in [6.45, 7) is 4.01. The Morgan fingerprint density at radius 2 is 1.83 bits per heavy atom. The summed E-state index contributed by atoms with van der Waals surface area (Å²) < 4.78 is 28.1. The minimum atomic E-state index is -4.06. The van der Waals surface area contributed by atoms with Gasteiger partial charge in [-0.05, 0) is 59.2 Å².